The minimum atomic E-state index is -0.251. The third kappa shape index (κ3) is 4.55. The first-order valence-electron chi connectivity index (χ1n) is 8.72. The topological polar surface area (TPSA) is 52.6 Å². The van der Waals surface area contributed by atoms with Gasteiger partial charge in [-0.2, -0.15) is 0 Å². The molecule has 1 aliphatic rings. The van der Waals surface area contributed by atoms with Gasteiger partial charge in [0.15, 0.2) is 0 Å². The van der Waals surface area contributed by atoms with Gasteiger partial charge in [-0.3, -0.25) is 9.69 Å². The fourth-order valence-electron chi connectivity index (χ4n) is 3.31. The van der Waals surface area contributed by atoms with Crippen molar-refractivity contribution in [3.8, 4) is 0 Å². The van der Waals surface area contributed by atoms with Gasteiger partial charge in [0.05, 0.1) is 12.1 Å². The molecular formula is C19H30N2O2. The minimum absolute atomic E-state index is 0.0496. The van der Waals surface area contributed by atoms with Crippen LogP contribution in [0, 0.1) is 5.92 Å². The van der Waals surface area contributed by atoms with Gasteiger partial charge in [-0.15, -0.1) is 0 Å². The first kappa shape index (κ1) is 18.0. The maximum atomic E-state index is 12.6. The molecule has 0 radical (unpaired) electrons. The van der Waals surface area contributed by atoms with Gasteiger partial charge in [-0.1, -0.05) is 32.0 Å². The molecule has 1 aromatic rings. The predicted molar refractivity (Wildman–Crippen MR) is 94.6 cm³/mol. The molecule has 0 spiro atoms. The van der Waals surface area contributed by atoms with Gasteiger partial charge in [0.1, 0.15) is 0 Å². The van der Waals surface area contributed by atoms with Crippen molar-refractivity contribution in [3.05, 3.63) is 29.8 Å². The third-order valence-corrected chi connectivity index (χ3v) is 5.02. The molecule has 23 heavy (non-hydrogen) atoms. The summed E-state index contributed by atoms with van der Waals surface area (Å²) in [6, 6.07) is 7.86. The van der Waals surface area contributed by atoms with Gasteiger partial charge < -0.3 is 10.4 Å². The second-order valence-corrected chi connectivity index (χ2v) is 7.02. The van der Waals surface area contributed by atoms with Gasteiger partial charge in [-0.05, 0) is 63.2 Å². The molecule has 1 aromatic carbocycles. The number of para-hydroxylation sites is 1. The SMILES string of the molecule is CC(C)c1ccccc1NC(=O)C(C)N1CCC(C(C)O)CC1. The fourth-order valence-corrected chi connectivity index (χ4v) is 3.31. The number of rotatable bonds is 5. The molecule has 0 saturated carbocycles. The molecule has 2 rings (SSSR count). The zero-order valence-corrected chi connectivity index (χ0v) is 14.7. The number of piperidine rings is 1. The van der Waals surface area contributed by atoms with Crippen molar-refractivity contribution >= 4 is 11.6 Å². The molecule has 2 N–H and O–H groups in total. The van der Waals surface area contributed by atoms with Crippen LogP contribution in [0.5, 0.6) is 0 Å². The number of hydrogen-bond acceptors (Lipinski definition) is 3. The molecule has 1 fully saturated rings. The van der Waals surface area contributed by atoms with Crippen LogP contribution in [-0.2, 0) is 4.79 Å². The Morgan fingerprint density at radius 3 is 2.35 bits per heavy atom. The summed E-state index contributed by atoms with van der Waals surface area (Å²) in [4.78, 5) is 14.8. The highest BCUT2D eigenvalue weighted by Crippen LogP contribution is 2.25. The second kappa shape index (κ2) is 7.93. The number of carbonyl (C=O) groups excluding carboxylic acids is 1. The summed E-state index contributed by atoms with van der Waals surface area (Å²) in [5.41, 5.74) is 2.08. The van der Waals surface area contributed by atoms with Gasteiger partial charge >= 0.3 is 0 Å². The second-order valence-electron chi connectivity index (χ2n) is 7.02. The van der Waals surface area contributed by atoms with E-state index in [1.165, 1.54) is 5.56 Å². The van der Waals surface area contributed by atoms with Crippen molar-refractivity contribution < 1.29 is 9.90 Å². The molecule has 2 atom stereocenters. The summed E-state index contributed by atoms with van der Waals surface area (Å²) in [7, 11) is 0. The smallest absolute Gasteiger partial charge is 0.241 e. The zero-order valence-electron chi connectivity index (χ0n) is 14.7. The van der Waals surface area contributed by atoms with Crippen molar-refractivity contribution in [1.82, 2.24) is 4.90 Å². The number of benzene rings is 1. The van der Waals surface area contributed by atoms with Gasteiger partial charge in [0.25, 0.3) is 0 Å². The molecule has 1 saturated heterocycles. The first-order valence-corrected chi connectivity index (χ1v) is 8.72. The standard InChI is InChI=1S/C19H30N2O2/c1-13(2)17-7-5-6-8-18(17)20-19(23)14(3)21-11-9-16(10-12-21)15(4)22/h5-8,13-16,22H,9-12H2,1-4H3,(H,20,23). The quantitative estimate of drug-likeness (QED) is 0.876. The molecular weight excluding hydrogens is 288 g/mol. The molecule has 1 amide bonds. The van der Waals surface area contributed by atoms with Gasteiger partial charge in [-0.25, -0.2) is 0 Å². The largest absolute Gasteiger partial charge is 0.393 e. The lowest BCUT2D eigenvalue weighted by Gasteiger charge is -2.36. The maximum Gasteiger partial charge on any atom is 0.241 e. The number of nitrogens with zero attached hydrogens (tertiary/aromatic N) is 1. The van der Waals surface area contributed by atoms with Gasteiger partial charge in [0, 0.05) is 5.69 Å². The van der Waals surface area contributed by atoms with Crippen molar-refractivity contribution in [2.45, 2.75) is 58.6 Å². The van der Waals surface area contributed by atoms with Crippen LogP contribution in [0.25, 0.3) is 0 Å². The molecule has 128 valence electrons. The van der Waals surface area contributed by atoms with E-state index in [1.54, 1.807) is 0 Å². The highest BCUT2D eigenvalue weighted by molar-refractivity contribution is 5.95. The summed E-state index contributed by atoms with van der Waals surface area (Å²) < 4.78 is 0. The molecule has 2 unspecified atom stereocenters. The number of aliphatic hydroxyl groups is 1. The lowest BCUT2D eigenvalue weighted by atomic mass is 9.91. The Kier molecular flexibility index (Phi) is 6.19. The number of nitrogens with one attached hydrogen (secondary N) is 1. The number of aliphatic hydroxyl groups excluding tert-OH is 1. The number of carbonyl (C=O) groups is 1. The Balaban J connectivity index is 1.96. The van der Waals surface area contributed by atoms with Crippen molar-refractivity contribution in [2.75, 3.05) is 18.4 Å². The molecule has 0 aliphatic carbocycles. The molecule has 4 nitrogen and oxygen atoms in total. The van der Waals surface area contributed by atoms with Gasteiger partial charge in [0.2, 0.25) is 5.91 Å². The first-order chi connectivity index (χ1) is 10.9. The number of anilines is 1. The average Bonchev–Trinajstić information content (AvgIpc) is 2.54. The van der Waals surface area contributed by atoms with E-state index in [-0.39, 0.29) is 18.1 Å². The highest BCUT2D eigenvalue weighted by atomic mass is 16.3. The highest BCUT2D eigenvalue weighted by Gasteiger charge is 2.28. The molecule has 1 aliphatic heterocycles. The summed E-state index contributed by atoms with van der Waals surface area (Å²) >= 11 is 0. The molecule has 0 aromatic heterocycles. The van der Waals surface area contributed by atoms with Crippen molar-refractivity contribution in [3.63, 3.8) is 0 Å². The summed E-state index contributed by atoms with van der Waals surface area (Å²) in [5, 5.41) is 12.8. The zero-order chi connectivity index (χ0) is 17.0. The predicted octanol–water partition coefficient (Wildman–Crippen LogP) is 3.23. The van der Waals surface area contributed by atoms with Crippen LogP contribution >= 0.6 is 0 Å². The Morgan fingerprint density at radius 1 is 1.17 bits per heavy atom. The van der Waals surface area contributed by atoms with Crippen LogP contribution in [0.1, 0.15) is 52.0 Å². The van der Waals surface area contributed by atoms with Crippen LogP contribution in [0.15, 0.2) is 24.3 Å². The van der Waals surface area contributed by atoms with E-state index in [0.29, 0.717) is 11.8 Å². The van der Waals surface area contributed by atoms with Crippen LogP contribution in [0.3, 0.4) is 0 Å². The summed E-state index contributed by atoms with van der Waals surface area (Å²) in [6.45, 7) is 9.84. The summed E-state index contributed by atoms with van der Waals surface area (Å²) in [5.74, 6) is 0.792. The lowest BCUT2D eigenvalue weighted by molar-refractivity contribution is -0.121. The normalized spacial score (nSPS) is 19.6. The Labute approximate surface area is 139 Å². The van der Waals surface area contributed by atoms with E-state index in [2.05, 4.69) is 30.1 Å². The van der Waals surface area contributed by atoms with E-state index < -0.39 is 0 Å². The Morgan fingerprint density at radius 2 is 1.78 bits per heavy atom. The van der Waals surface area contributed by atoms with E-state index in [1.807, 2.05) is 32.0 Å². The maximum absolute atomic E-state index is 12.6. The number of likely N-dealkylation sites (tertiary alicyclic amines) is 1. The van der Waals surface area contributed by atoms with Crippen molar-refractivity contribution in [2.24, 2.45) is 5.92 Å². The van der Waals surface area contributed by atoms with Crippen LogP contribution < -0.4 is 5.32 Å². The Hall–Kier alpha value is -1.39. The lowest BCUT2D eigenvalue weighted by Crippen LogP contribution is -2.47. The van der Waals surface area contributed by atoms with Crippen molar-refractivity contribution in [1.29, 1.82) is 0 Å². The van der Waals surface area contributed by atoms with E-state index in [0.717, 1.165) is 31.6 Å². The van der Waals surface area contributed by atoms with E-state index in [9.17, 15) is 9.90 Å². The Bertz CT molecular complexity index is 520. The monoisotopic (exact) mass is 318 g/mol. The van der Waals surface area contributed by atoms with Crippen LogP contribution in [0.2, 0.25) is 0 Å². The van der Waals surface area contributed by atoms with Crippen LogP contribution in [-0.4, -0.2) is 41.1 Å². The molecule has 0 bridgehead atoms. The van der Waals surface area contributed by atoms with E-state index in [4.69, 9.17) is 0 Å². The number of hydrogen-bond donors (Lipinski definition) is 2. The number of amides is 1. The summed E-state index contributed by atoms with van der Waals surface area (Å²) in [6.07, 6.45) is 1.66. The fraction of sp³-hybridized carbons (Fsp3) is 0.632. The van der Waals surface area contributed by atoms with E-state index >= 15 is 0 Å². The molecule has 1 heterocycles. The van der Waals surface area contributed by atoms with Crippen LogP contribution in [0.4, 0.5) is 5.69 Å². The third-order valence-electron chi connectivity index (χ3n) is 5.02. The molecule has 4 heteroatoms. The average molecular weight is 318 g/mol. The minimum Gasteiger partial charge on any atom is -0.393 e.